The first-order chi connectivity index (χ1) is 11.7. The van der Waals surface area contributed by atoms with Crippen LogP contribution in [0.5, 0.6) is 0 Å². The fraction of sp³-hybridized carbons (Fsp3) is 0.250. The van der Waals surface area contributed by atoms with E-state index in [9.17, 15) is 5.11 Å². The number of furan rings is 1. The first-order valence-corrected chi connectivity index (χ1v) is 8.10. The maximum atomic E-state index is 10.4. The van der Waals surface area contributed by atoms with Crippen LogP contribution in [0.15, 0.2) is 71.5 Å². The Bertz CT molecular complexity index is 741. The monoisotopic (exact) mass is 322 g/mol. The molecule has 2 heterocycles. The SMILES string of the molecule is Cc1cccnc1CN(Cc1ccccc1)CC(O)c1ccco1. The second-order valence-electron chi connectivity index (χ2n) is 5.95. The molecule has 4 heteroatoms. The quantitative estimate of drug-likeness (QED) is 0.720. The van der Waals surface area contributed by atoms with E-state index in [0.29, 0.717) is 18.8 Å². The standard InChI is InChI=1S/C20H22N2O2/c1-16-7-5-11-21-18(16)14-22(13-17-8-3-2-4-9-17)15-19(23)20-10-6-12-24-20/h2-12,19,23H,13-15H2,1H3. The van der Waals surface area contributed by atoms with Crippen LogP contribution >= 0.6 is 0 Å². The minimum absolute atomic E-state index is 0.485. The summed E-state index contributed by atoms with van der Waals surface area (Å²) in [4.78, 5) is 6.68. The number of aromatic nitrogens is 1. The maximum absolute atomic E-state index is 10.4. The molecule has 0 spiro atoms. The lowest BCUT2D eigenvalue weighted by molar-refractivity contribution is 0.0866. The van der Waals surface area contributed by atoms with Crippen LogP contribution in [0.1, 0.15) is 28.7 Å². The highest BCUT2D eigenvalue weighted by Crippen LogP contribution is 2.18. The van der Waals surface area contributed by atoms with Crippen LogP contribution in [-0.4, -0.2) is 21.5 Å². The van der Waals surface area contributed by atoms with E-state index in [1.807, 2.05) is 30.5 Å². The molecule has 1 unspecified atom stereocenters. The van der Waals surface area contributed by atoms with E-state index in [1.165, 1.54) is 5.56 Å². The molecule has 0 bridgehead atoms. The molecule has 3 aromatic rings. The zero-order chi connectivity index (χ0) is 16.8. The lowest BCUT2D eigenvalue weighted by Crippen LogP contribution is -2.28. The van der Waals surface area contributed by atoms with Crippen LogP contribution in [0.4, 0.5) is 0 Å². The van der Waals surface area contributed by atoms with Gasteiger partial charge in [-0.2, -0.15) is 0 Å². The Labute approximate surface area is 142 Å². The highest BCUT2D eigenvalue weighted by molar-refractivity contribution is 5.19. The van der Waals surface area contributed by atoms with Gasteiger partial charge in [0.2, 0.25) is 0 Å². The lowest BCUT2D eigenvalue weighted by atomic mass is 10.1. The van der Waals surface area contributed by atoms with Crippen LogP contribution in [0.25, 0.3) is 0 Å². The number of nitrogens with zero attached hydrogens (tertiary/aromatic N) is 2. The number of hydrogen-bond donors (Lipinski definition) is 1. The molecule has 0 aliphatic heterocycles. The summed E-state index contributed by atoms with van der Waals surface area (Å²) in [5, 5.41) is 10.4. The number of aliphatic hydroxyl groups excluding tert-OH is 1. The zero-order valence-corrected chi connectivity index (χ0v) is 13.8. The maximum Gasteiger partial charge on any atom is 0.133 e. The Morgan fingerprint density at radius 1 is 1.04 bits per heavy atom. The molecule has 3 rings (SSSR count). The molecule has 1 atom stereocenters. The van der Waals surface area contributed by atoms with Gasteiger partial charge in [0.1, 0.15) is 11.9 Å². The summed E-state index contributed by atoms with van der Waals surface area (Å²) in [5.41, 5.74) is 3.39. The van der Waals surface area contributed by atoms with Crippen LogP contribution in [0.2, 0.25) is 0 Å². The average Bonchev–Trinajstić information content (AvgIpc) is 3.12. The van der Waals surface area contributed by atoms with Gasteiger partial charge in [-0.3, -0.25) is 9.88 Å². The molecule has 0 radical (unpaired) electrons. The first-order valence-electron chi connectivity index (χ1n) is 8.10. The molecule has 4 nitrogen and oxygen atoms in total. The van der Waals surface area contributed by atoms with Crippen molar-refractivity contribution in [3.05, 3.63) is 89.6 Å². The zero-order valence-electron chi connectivity index (χ0n) is 13.8. The van der Waals surface area contributed by atoms with Gasteiger partial charge in [0.05, 0.1) is 12.0 Å². The molecule has 1 N–H and O–H groups in total. The summed E-state index contributed by atoms with van der Waals surface area (Å²) in [6, 6.07) is 17.9. The van der Waals surface area contributed by atoms with Gasteiger partial charge in [0.25, 0.3) is 0 Å². The topological polar surface area (TPSA) is 49.5 Å². The molecule has 0 aliphatic carbocycles. The fourth-order valence-corrected chi connectivity index (χ4v) is 2.74. The molecule has 0 saturated heterocycles. The Hall–Kier alpha value is -2.43. The van der Waals surface area contributed by atoms with Gasteiger partial charge < -0.3 is 9.52 Å². The van der Waals surface area contributed by atoms with E-state index < -0.39 is 6.10 Å². The molecule has 124 valence electrons. The summed E-state index contributed by atoms with van der Waals surface area (Å²) < 4.78 is 5.33. The van der Waals surface area contributed by atoms with Crippen molar-refractivity contribution in [2.24, 2.45) is 0 Å². The molecular formula is C20H22N2O2. The molecule has 0 amide bonds. The summed E-state index contributed by atoms with van der Waals surface area (Å²) in [6.45, 7) is 3.97. The molecule has 0 aliphatic rings. The van der Waals surface area contributed by atoms with Gasteiger partial charge in [0.15, 0.2) is 0 Å². The Morgan fingerprint density at radius 3 is 2.58 bits per heavy atom. The summed E-state index contributed by atoms with van der Waals surface area (Å²) in [5.74, 6) is 0.589. The molecule has 1 aromatic carbocycles. The third-order valence-electron chi connectivity index (χ3n) is 4.04. The van der Waals surface area contributed by atoms with Crippen molar-refractivity contribution in [2.45, 2.75) is 26.1 Å². The minimum atomic E-state index is -0.660. The highest BCUT2D eigenvalue weighted by atomic mass is 16.4. The van der Waals surface area contributed by atoms with Crippen molar-refractivity contribution in [1.82, 2.24) is 9.88 Å². The number of rotatable bonds is 7. The van der Waals surface area contributed by atoms with Crippen molar-refractivity contribution in [3.63, 3.8) is 0 Å². The van der Waals surface area contributed by atoms with Gasteiger partial charge in [-0.1, -0.05) is 36.4 Å². The second-order valence-corrected chi connectivity index (χ2v) is 5.95. The number of benzene rings is 1. The Kier molecular flexibility index (Phi) is 5.41. The Balaban J connectivity index is 1.76. The van der Waals surface area contributed by atoms with Gasteiger partial charge in [0, 0.05) is 25.8 Å². The third kappa shape index (κ3) is 4.31. The first kappa shape index (κ1) is 16.4. The normalized spacial score (nSPS) is 12.5. The predicted octanol–water partition coefficient (Wildman–Crippen LogP) is 3.72. The van der Waals surface area contributed by atoms with E-state index >= 15 is 0 Å². The molecule has 2 aromatic heterocycles. The van der Waals surface area contributed by atoms with E-state index in [2.05, 4.69) is 35.0 Å². The van der Waals surface area contributed by atoms with Crippen LogP contribution in [0.3, 0.4) is 0 Å². The van der Waals surface area contributed by atoms with E-state index in [0.717, 1.165) is 17.8 Å². The van der Waals surface area contributed by atoms with Gasteiger partial charge in [-0.05, 0) is 36.2 Å². The number of aliphatic hydroxyl groups is 1. The van der Waals surface area contributed by atoms with Crippen molar-refractivity contribution in [2.75, 3.05) is 6.54 Å². The lowest BCUT2D eigenvalue weighted by Gasteiger charge is -2.24. The van der Waals surface area contributed by atoms with Gasteiger partial charge >= 0.3 is 0 Å². The molecule has 0 fully saturated rings. The van der Waals surface area contributed by atoms with Crippen LogP contribution in [-0.2, 0) is 13.1 Å². The fourth-order valence-electron chi connectivity index (χ4n) is 2.74. The van der Waals surface area contributed by atoms with Crippen LogP contribution < -0.4 is 0 Å². The summed E-state index contributed by atoms with van der Waals surface area (Å²) in [7, 11) is 0. The van der Waals surface area contributed by atoms with E-state index in [1.54, 1.807) is 18.4 Å². The average molecular weight is 322 g/mol. The highest BCUT2D eigenvalue weighted by Gasteiger charge is 2.17. The molecule has 0 saturated carbocycles. The summed E-state index contributed by atoms with van der Waals surface area (Å²) >= 11 is 0. The smallest absolute Gasteiger partial charge is 0.133 e. The van der Waals surface area contributed by atoms with Gasteiger partial charge in [-0.15, -0.1) is 0 Å². The number of aryl methyl sites for hydroxylation is 1. The van der Waals surface area contributed by atoms with Crippen molar-refractivity contribution >= 4 is 0 Å². The number of hydrogen-bond acceptors (Lipinski definition) is 4. The van der Waals surface area contributed by atoms with Crippen molar-refractivity contribution in [3.8, 4) is 0 Å². The van der Waals surface area contributed by atoms with E-state index in [-0.39, 0.29) is 0 Å². The Morgan fingerprint density at radius 2 is 1.88 bits per heavy atom. The minimum Gasteiger partial charge on any atom is -0.467 e. The van der Waals surface area contributed by atoms with Crippen molar-refractivity contribution < 1.29 is 9.52 Å². The predicted molar refractivity (Wildman–Crippen MR) is 93.2 cm³/mol. The van der Waals surface area contributed by atoms with E-state index in [4.69, 9.17) is 4.42 Å². The van der Waals surface area contributed by atoms with Gasteiger partial charge in [-0.25, -0.2) is 0 Å². The second kappa shape index (κ2) is 7.90. The largest absolute Gasteiger partial charge is 0.467 e. The summed E-state index contributed by atoms with van der Waals surface area (Å²) in [6.07, 6.45) is 2.74. The molecule has 24 heavy (non-hydrogen) atoms. The molecular weight excluding hydrogens is 300 g/mol. The van der Waals surface area contributed by atoms with Crippen molar-refractivity contribution in [1.29, 1.82) is 0 Å². The third-order valence-corrected chi connectivity index (χ3v) is 4.04. The number of pyridine rings is 1. The van der Waals surface area contributed by atoms with Crippen LogP contribution in [0, 0.1) is 6.92 Å².